The number of hydrogen-bond donors (Lipinski definition) is 0. The van der Waals surface area contributed by atoms with Crippen molar-refractivity contribution in [2.45, 2.75) is 50.0 Å². The fraction of sp³-hybridized carbons (Fsp3) is 1.00. The summed E-state index contributed by atoms with van der Waals surface area (Å²) in [7, 11) is 0. The minimum atomic E-state index is 0. The molecule has 0 unspecified atom stereocenters. The van der Waals surface area contributed by atoms with Gasteiger partial charge in [0.25, 0.3) is 0 Å². The van der Waals surface area contributed by atoms with Crippen LogP contribution in [0.5, 0.6) is 0 Å². The van der Waals surface area contributed by atoms with Gasteiger partial charge in [0, 0.05) is 6.61 Å². The van der Waals surface area contributed by atoms with Crippen LogP contribution in [0.25, 0.3) is 0 Å². The van der Waals surface area contributed by atoms with Crippen LogP contribution in [0.2, 0.25) is 0 Å². The maximum Gasteiger partial charge on any atom is 0.0700 e. The quantitative estimate of drug-likeness (QED) is 0.636. The van der Waals surface area contributed by atoms with Crippen LogP contribution in [-0.2, 0) is 9.47 Å². The zero-order chi connectivity index (χ0) is 8.74. The fourth-order valence-electron chi connectivity index (χ4n) is 0.641. The first-order valence-corrected chi connectivity index (χ1v) is 4.22. The summed E-state index contributed by atoms with van der Waals surface area (Å²) in [6.45, 7) is 11.5. The summed E-state index contributed by atoms with van der Waals surface area (Å²) in [5.41, 5.74) is 0.270. The average molecular weight is 208 g/mol. The zero-order valence-corrected chi connectivity index (χ0v) is 8.14. The third-order valence-electron chi connectivity index (χ3n) is 1.11. The summed E-state index contributed by atoms with van der Waals surface area (Å²) in [5.74, 6) is 0. The van der Waals surface area contributed by atoms with E-state index in [1.165, 1.54) is 0 Å². The van der Waals surface area contributed by atoms with Gasteiger partial charge in [-0.2, -0.15) is 0 Å². The van der Waals surface area contributed by atoms with Crippen LogP contribution < -0.4 is 0 Å². The van der Waals surface area contributed by atoms with Crippen molar-refractivity contribution in [3.05, 3.63) is 0 Å². The maximum absolute atomic E-state index is 5.38. The van der Waals surface area contributed by atoms with Crippen LogP contribution in [0.4, 0.5) is 0 Å². The maximum atomic E-state index is 5.38. The highest BCUT2D eigenvalue weighted by atomic mass is 16.5. The average Bonchev–Trinajstić information content (AvgIpc) is 1.85. The lowest BCUT2D eigenvalue weighted by atomic mass is 9.99. The lowest BCUT2D eigenvalue weighted by Gasteiger charge is -2.17. The normalized spacial score (nSPS) is 9.43. The van der Waals surface area contributed by atoms with Crippen molar-refractivity contribution >= 4 is 0 Å². The van der Waals surface area contributed by atoms with Crippen molar-refractivity contribution in [3.63, 3.8) is 0 Å². The van der Waals surface area contributed by atoms with E-state index in [1.54, 1.807) is 0 Å². The Kier molecular flexibility index (Phi) is 21.8. The topological polar surface area (TPSA) is 18.5 Å². The molecule has 0 N–H and O–H groups in total. The van der Waals surface area contributed by atoms with Gasteiger partial charge in [-0.25, -0.2) is 0 Å². The molecular formula is C12H32O2. The van der Waals surface area contributed by atoms with Crippen LogP contribution in [0, 0.1) is 5.41 Å². The number of hydrogen-bond acceptors (Lipinski definition) is 2. The molecule has 0 saturated carbocycles. The summed E-state index contributed by atoms with van der Waals surface area (Å²) in [5, 5.41) is 0. The van der Waals surface area contributed by atoms with E-state index in [4.69, 9.17) is 9.47 Å². The second-order valence-corrected chi connectivity index (χ2v) is 3.81. The summed E-state index contributed by atoms with van der Waals surface area (Å²) < 4.78 is 10.5. The SMILES string of the molecule is C.C.C.CCOCCOCC(C)(C)C. The van der Waals surface area contributed by atoms with E-state index >= 15 is 0 Å². The largest absolute Gasteiger partial charge is 0.379 e. The molecule has 0 fully saturated rings. The van der Waals surface area contributed by atoms with E-state index in [0.717, 1.165) is 13.2 Å². The Morgan fingerprint density at radius 2 is 1.29 bits per heavy atom. The minimum Gasteiger partial charge on any atom is -0.379 e. The first-order valence-electron chi connectivity index (χ1n) is 4.22. The molecule has 0 saturated heterocycles. The molecule has 0 aliphatic carbocycles. The van der Waals surface area contributed by atoms with E-state index in [1.807, 2.05) is 6.92 Å². The predicted molar refractivity (Wildman–Crippen MR) is 67.0 cm³/mol. The number of ether oxygens (including phenoxy) is 2. The third kappa shape index (κ3) is 22.7. The van der Waals surface area contributed by atoms with Crippen molar-refractivity contribution in [1.29, 1.82) is 0 Å². The molecule has 0 aromatic rings. The third-order valence-corrected chi connectivity index (χ3v) is 1.11. The molecule has 0 amide bonds. The first-order chi connectivity index (χ1) is 5.06. The van der Waals surface area contributed by atoms with Crippen LogP contribution in [0.15, 0.2) is 0 Å². The highest BCUT2D eigenvalue weighted by Gasteiger charge is 2.09. The van der Waals surface area contributed by atoms with Gasteiger partial charge in [-0.3, -0.25) is 0 Å². The van der Waals surface area contributed by atoms with Crippen molar-refractivity contribution in [2.24, 2.45) is 5.41 Å². The van der Waals surface area contributed by atoms with E-state index < -0.39 is 0 Å². The Hall–Kier alpha value is -0.0800. The van der Waals surface area contributed by atoms with E-state index in [9.17, 15) is 0 Å². The molecule has 92 valence electrons. The van der Waals surface area contributed by atoms with Gasteiger partial charge in [0.2, 0.25) is 0 Å². The Morgan fingerprint density at radius 1 is 0.857 bits per heavy atom. The summed E-state index contributed by atoms with van der Waals surface area (Å²) in [6, 6.07) is 0. The molecule has 2 heteroatoms. The van der Waals surface area contributed by atoms with Gasteiger partial charge in [-0.15, -0.1) is 0 Å². The van der Waals surface area contributed by atoms with E-state index in [-0.39, 0.29) is 27.7 Å². The van der Waals surface area contributed by atoms with Gasteiger partial charge in [0.1, 0.15) is 0 Å². The van der Waals surface area contributed by atoms with Gasteiger partial charge in [-0.1, -0.05) is 43.1 Å². The fourth-order valence-corrected chi connectivity index (χ4v) is 0.641. The zero-order valence-electron chi connectivity index (χ0n) is 8.14. The summed E-state index contributed by atoms with van der Waals surface area (Å²) in [4.78, 5) is 0. The first kappa shape index (κ1) is 23.6. The van der Waals surface area contributed by atoms with Crippen molar-refractivity contribution in [1.82, 2.24) is 0 Å². The highest BCUT2D eigenvalue weighted by molar-refractivity contribution is 4.58. The van der Waals surface area contributed by atoms with Gasteiger partial charge < -0.3 is 9.47 Å². The van der Waals surface area contributed by atoms with Gasteiger partial charge in [-0.05, 0) is 12.3 Å². The van der Waals surface area contributed by atoms with Gasteiger partial charge >= 0.3 is 0 Å². The molecule has 0 rings (SSSR count). The predicted octanol–water partition coefficient (Wildman–Crippen LogP) is 3.99. The molecule has 0 radical (unpaired) electrons. The van der Waals surface area contributed by atoms with Crippen LogP contribution in [0.3, 0.4) is 0 Å². The van der Waals surface area contributed by atoms with Crippen molar-refractivity contribution in [3.8, 4) is 0 Å². The van der Waals surface area contributed by atoms with Crippen molar-refractivity contribution in [2.75, 3.05) is 26.4 Å². The molecular weight excluding hydrogens is 176 g/mol. The molecule has 0 aliphatic rings. The van der Waals surface area contributed by atoms with Crippen LogP contribution in [0.1, 0.15) is 50.0 Å². The van der Waals surface area contributed by atoms with Gasteiger partial charge in [0.05, 0.1) is 19.8 Å². The van der Waals surface area contributed by atoms with E-state index in [0.29, 0.717) is 13.2 Å². The standard InChI is InChI=1S/C9H20O2.3CH4/c1-5-10-6-7-11-8-9(2,3)4;;;/h5-8H2,1-4H3;3*1H4. The highest BCUT2D eigenvalue weighted by Crippen LogP contribution is 2.12. The molecule has 0 aromatic heterocycles. The van der Waals surface area contributed by atoms with Crippen molar-refractivity contribution < 1.29 is 9.47 Å². The molecule has 0 bridgehead atoms. The molecule has 2 nitrogen and oxygen atoms in total. The molecule has 14 heavy (non-hydrogen) atoms. The monoisotopic (exact) mass is 208 g/mol. The molecule has 0 spiro atoms. The molecule has 0 heterocycles. The minimum absolute atomic E-state index is 0. The molecule has 0 aromatic carbocycles. The smallest absolute Gasteiger partial charge is 0.0700 e. The molecule has 0 aliphatic heterocycles. The lowest BCUT2D eigenvalue weighted by molar-refractivity contribution is 0.0227. The van der Waals surface area contributed by atoms with E-state index in [2.05, 4.69) is 20.8 Å². The van der Waals surface area contributed by atoms with Crippen LogP contribution in [-0.4, -0.2) is 26.4 Å². The Balaban J connectivity index is -0.000000167. The lowest BCUT2D eigenvalue weighted by Crippen LogP contribution is -2.16. The Bertz CT molecular complexity index is 84.8. The van der Waals surface area contributed by atoms with Crippen LogP contribution >= 0.6 is 0 Å². The molecule has 0 atom stereocenters. The summed E-state index contributed by atoms with van der Waals surface area (Å²) in [6.07, 6.45) is 0. The second kappa shape index (κ2) is 12.9. The van der Waals surface area contributed by atoms with Gasteiger partial charge in [0.15, 0.2) is 0 Å². The Labute approximate surface area is 92.0 Å². The summed E-state index contributed by atoms with van der Waals surface area (Å²) >= 11 is 0. The number of rotatable bonds is 5. The second-order valence-electron chi connectivity index (χ2n) is 3.81. The Morgan fingerprint density at radius 3 is 1.64 bits per heavy atom.